The van der Waals surface area contributed by atoms with Crippen LogP contribution in [0.5, 0.6) is 0 Å². The minimum atomic E-state index is -0.0485. The second-order valence-corrected chi connectivity index (χ2v) is 9.16. The van der Waals surface area contributed by atoms with Crippen LogP contribution in [0.15, 0.2) is 24.3 Å². The molecule has 0 fully saturated rings. The third-order valence-electron chi connectivity index (χ3n) is 6.70. The van der Waals surface area contributed by atoms with Crippen LogP contribution in [0.25, 0.3) is 11.5 Å². The van der Waals surface area contributed by atoms with E-state index in [2.05, 4.69) is 45.8 Å². The van der Waals surface area contributed by atoms with Crippen LogP contribution in [-0.4, -0.2) is 50.8 Å². The van der Waals surface area contributed by atoms with Crippen molar-refractivity contribution in [1.82, 2.24) is 30.0 Å². The van der Waals surface area contributed by atoms with E-state index in [1.54, 1.807) is 4.90 Å². The second kappa shape index (κ2) is 8.22. The molecule has 0 saturated heterocycles. The van der Waals surface area contributed by atoms with Crippen molar-refractivity contribution in [1.29, 1.82) is 0 Å². The van der Waals surface area contributed by atoms with Gasteiger partial charge in [-0.1, -0.05) is 6.07 Å². The van der Waals surface area contributed by atoms with Crippen molar-refractivity contribution in [3.05, 3.63) is 46.9 Å². The average molecular weight is 447 g/mol. The van der Waals surface area contributed by atoms with Crippen molar-refractivity contribution in [2.75, 3.05) is 23.9 Å². The van der Waals surface area contributed by atoms with Gasteiger partial charge < -0.3 is 14.8 Å². The summed E-state index contributed by atoms with van der Waals surface area (Å²) in [6, 6.07) is 8.28. The number of hydrogen-bond acceptors (Lipinski definition) is 7. The number of carbonyl (C=O) groups is 1. The molecule has 0 radical (unpaired) electrons. The highest BCUT2D eigenvalue weighted by molar-refractivity contribution is 6.10. The number of fused-ring (bicyclic) bond motifs is 2. The van der Waals surface area contributed by atoms with Gasteiger partial charge in [-0.2, -0.15) is 0 Å². The molecule has 0 bridgehead atoms. The number of rotatable bonds is 6. The maximum absolute atomic E-state index is 13.5. The van der Waals surface area contributed by atoms with Gasteiger partial charge in [0.2, 0.25) is 0 Å². The first-order valence-electron chi connectivity index (χ1n) is 11.5. The number of pyridine rings is 2. The molecule has 3 aromatic rings. The van der Waals surface area contributed by atoms with Crippen molar-refractivity contribution in [2.45, 2.75) is 58.8 Å². The summed E-state index contributed by atoms with van der Waals surface area (Å²) in [5.74, 6) is 3.13. The van der Waals surface area contributed by atoms with Crippen LogP contribution in [0.2, 0.25) is 0 Å². The number of nitrogens with zero attached hydrogens (tertiary/aromatic N) is 7. The van der Waals surface area contributed by atoms with Gasteiger partial charge in [-0.3, -0.25) is 9.69 Å². The standard InChI is InChI=1S/C24H30N8O/c1-14(2)30(5)22-11-16-17(19(27-22)12-25-4)13-31(24(16)33)20-8-6-7-18(26-20)23-29-28-21-10-9-15(3)32(21)23/h6-8,11,14-15,25H,9-10,12-13H2,1-5H3/t15-/m0/s1. The number of hydrogen-bond donors (Lipinski definition) is 1. The molecule has 2 aliphatic heterocycles. The molecule has 1 atom stereocenters. The number of carbonyl (C=O) groups excluding carboxylic acids is 1. The predicted molar refractivity (Wildman–Crippen MR) is 127 cm³/mol. The summed E-state index contributed by atoms with van der Waals surface area (Å²) in [7, 11) is 3.90. The molecule has 3 aromatic heterocycles. The Morgan fingerprint density at radius 3 is 2.82 bits per heavy atom. The lowest BCUT2D eigenvalue weighted by Crippen LogP contribution is -2.27. The third-order valence-corrected chi connectivity index (χ3v) is 6.70. The Kier molecular flexibility index (Phi) is 5.36. The van der Waals surface area contributed by atoms with Crippen molar-refractivity contribution in [3.63, 3.8) is 0 Å². The molecule has 0 unspecified atom stereocenters. The van der Waals surface area contributed by atoms with Crippen molar-refractivity contribution in [2.24, 2.45) is 0 Å². The maximum atomic E-state index is 13.5. The normalized spacial score (nSPS) is 17.1. The van der Waals surface area contributed by atoms with Gasteiger partial charge in [0.25, 0.3) is 5.91 Å². The van der Waals surface area contributed by atoms with Gasteiger partial charge in [0.05, 0.1) is 17.8 Å². The molecule has 9 heteroatoms. The van der Waals surface area contributed by atoms with Crippen molar-refractivity contribution < 1.29 is 4.79 Å². The van der Waals surface area contributed by atoms with Crippen LogP contribution < -0.4 is 15.1 Å². The molecule has 0 aliphatic carbocycles. The largest absolute Gasteiger partial charge is 0.357 e. The fourth-order valence-electron chi connectivity index (χ4n) is 4.59. The molecule has 0 saturated carbocycles. The fourth-order valence-corrected chi connectivity index (χ4v) is 4.59. The lowest BCUT2D eigenvalue weighted by molar-refractivity contribution is 0.0996. The second-order valence-electron chi connectivity index (χ2n) is 9.16. The monoisotopic (exact) mass is 446 g/mol. The zero-order chi connectivity index (χ0) is 23.3. The molecule has 172 valence electrons. The van der Waals surface area contributed by atoms with E-state index in [4.69, 9.17) is 9.97 Å². The van der Waals surface area contributed by atoms with Crippen LogP contribution in [-0.2, 0) is 19.5 Å². The minimum Gasteiger partial charge on any atom is -0.357 e. The molecule has 9 nitrogen and oxygen atoms in total. The molecule has 1 amide bonds. The van der Waals surface area contributed by atoms with E-state index in [0.717, 1.165) is 47.3 Å². The van der Waals surface area contributed by atoms with E-state index in [-0.39, 0.29) is 11.9 Å². The minimum absolute atomic E-state index is 0.0485. The van der Waals surface area contributed by atoms with E-state index in [1.165, 1.54) is 0 Å². The van der Waals surface area contributed by atoms with Crippen molar-refractivity contribution >= 4 is 17.5 Å². The van der Waals surface area contributed by atoms with Gasteiger partial charge in [-0.05, 0) is 52.4 Å². The summed E-state index contributed by atoms with van der Waals surface area (Å²) in [5, 5.41) is 11.9. The number of aryl methyl sites for hydroxylation is 1. The Balaban J connectivity index is 1.52. The highest BCUT2D eigenvalue weighted by Crippen LogP contribution is 2.34. The first-order valence-corrected chi connectivity index (χ1v) is 11.5. The molecule has 0 spiro atoms. The molecule has 5 heterocycles. The third kappa shape index (κ3) is 3.56. The number of aromatic nitrogens is 5. The molecule has 33 heavy (non-hydrogen) atoms. The van der Waals surface area contributed by atoms with Gasteiger partial charge in [0, 0.05) is 37.7 Å². The SMILES string of the molecule is CNCc1nc(N(C)C(C)C)cc2c1CN(c1cccc(-c3nnc4n3[C@@H](C)CC4)n1)C2=O. The van der Waals surface area contributed by atoms with Crippen molar-refractivity contribution in [3.8, 4) is 11.5 Å². The molecule has 0 aromatic carbocycles. The van der Waals surface area contributed by atoms with Crippen LogP contribution >= 0.6 is 0 Å². The summed E-state index contributed by atoms with van der Waals surface area (Å²) in [5.41, 5.74) is 3.28. The van der Waals surface area contributed by atoms with Crippen LogP contribution in [0, 0.1) is 0 Å². The summed E-state index contributed by atoms with van der Waals surface area (Å²) in [6.07, 6.45) is 1.99. The zero-order valence-corrected chi connectivity index (χ0v) is 19.8. The topological polar surface area (TPSA) is 92.1 Å². The Hall–Kier alpha value is -3.33. The van der Waals surface area contributed by atoms with Crippen LogP contribution in [0.3, 0.4) is 0 Å². The van der Waals surface area contributed by atoms with E-state index < -0.39 is 0 Å². The Labute approximate surface area is 193 Å². The molecule has 2 aliphatic rings. The Bertz CT molecular complexity index is 1220. The summed E-state index contributed by atoms with van der Waals surface area (Å²) in [6.45, 7) is 7.45. The van der Waals surface area contributed by atoms with Gasteiger partial charge in [-0.15, -0.1) is 10.2 Å². The van der Waals surface area contributed by atoms with Gasteiger partial charge in [0.15, 0.2) is 5.82 Å². The number of amides is 1. The van der Waals surface area contributed by atoms with Gasteiger partial charge >= 0.3 is 0 Å². The van der Waals surface area contributed by atoms with Crippen LogP contribution in [0.1, 0.15) is 60.7 Å². The van der Waals surface area contributed by atoms with E-state index >= 15 is 0 Å². The quantitative estimate of drug-likeness (QED) is 0.622. The summed E-state index contributed by atoms with van der Waals surface area (Å²) >= 11 is 0. The smallest absolute Gasteiger partial charge is 0.260 e. The van der Waals surface area contributed by atoms with E-state index in [9.17, 15) is 4.79 Å². The fraction of sp³-hybridized carbons (Fsp3) is 0.458. The summed E-state index contributed by atoms with van der Waals surface area (Å²) < 4.78 is 2.16. The maximum Gasteiger partial charge on any atom is 0.260 e. The van der Waals surface area contributed by atoms with Crippen LogP contribution in [0.4, 0.5) is 11.6 Å². The average Bonchev–Trinajstić information content (AvgIpc) is 3.49. The Morgan fingerprint density at radius 1 is 1.24 bits per heavy atom. The lowest BCUT2D eigenvalue weighted by atomic mass is 10.1. The van der Waals surface area contributed by atoms with E-state index in [0.29, 0.717) is 30.5 Å². The van der Waals surface area contributed by atoms with Gasteiger partial charge in [-0.25, -0.2) is 9.97 Å². The first-order chi connectivity index (χ1) is 15.9. The molecular formula is C24H30N8O. The summed E-state index contributed by atoms with van der Waals surface area (Å²) in [4.78, 5) is 27.0. The predicted octanol–water partition coefficient (Wildman–Crippen LogP) is 2.97. The highest BCUT2D eigenvalue weighted by atomic mass is 16.2. The number of nitrogens with one attached hydrogen (secondary N) is 1. The molecular weight excluding hydrogens is 416 g/mol. The molecule has 5 rings (SSSR count). The van der Waals surface area contributed by atoms with E-state index in [1.807, 2.05) is 38.4 Å². The highest BCUT2D eigenvalue weighted by Gasteiger charge is 2.33. The van der Waals surface area contributed by atoms with Gasteiger partial charge in [0.1, 0.15) is 23.2 Å². The number of anilines is 2. The molecule has 1 N–H and O–H groups in total. The lowest BCUT2D eigenvalue weighted by Gasteiger charge is -2.24. The first kappa shape index (κ1) is 21.5. The Morgan fingerprint density at radius 2 is 2.06 bits per heavy atom. The zero-order valence-electron chi connectivity index (χ0n) is 19.8.